The zero-order valence-electron chi connectivity index (χ0n) is 22.5. The summed E-state index contributed by atoms with van der Waals surface area (Å²) in [5.74, 6) is 0.598. The Morgan fingerprint density at radius 3 is 2.14 bits per heavy atom. The summed E-state index contributed by atoms with van der Waals surface area (Å²) in [6.07, 6.45) is 10.5. The van der Waals surface area contributed by atoms with E-state index in [0.29, 0.717) is 5.92 Å². The van der Waals surface area contributed by atoms with Gasteiger partial charge in [0.1, 0.15) is 0 Å². The van der Waals surface area contributed by atoms with Gasteiger partial charge in [-0.3, -0.25) is 0 Å². The van der Waals surface area contributed by atoms with Crippen LogP contribution in [0.5, 0.6) is 0 Å². The molecule has 0 fully saturated rings. The summed E-state index contributed by atoms with van der Waals surface area (Å²) in [6, 6.07) is 36.8. The molecular weight excluding hydrogens is 444 g/mol. The van der Waals surface area contributed by atoms with Gasteiger partial charge in [0.15, 0.2) is 0 Å². The van der Waals surface area contributed by atoms with Crippen molar-refractivity contribution in [2.45, 2.75) is 70.1 Å². The van der Waals surface area contributed by atoms with Gasteiger partial charge < -0.3 is 0 Å². The molecule has 0 bridgehead atoms. The molecule has 0 spiro atoms. The van der Waals surface area contributed by atoms with Crippen LogP contribution in [-0.4, -0.2) is 0 Å². The second-order valence-corrected chi connectivity index (χ2v) is 10.8. The van der Waals surface area contributed by atoms with E-state index in [2.05, 4.69) is 117 Å². The maximum Gasteiger partial charge on any atom is 0.0463 e. The summed E-state index contributed by atoms with van der Waals surface area (Å²) in [6.45, 7) is 8.47. The van der Waals surface area contributed by atoms with Gasteiger partial charge in [0, 0.05) is 5.41 Å². The lowest BCUT2D eigenvalue weighted by Gasteiger charge is -2.33. The monoisotopic (exact) mass is 484 g/mol. The predicted molar refractivity (Wildman–Crippen MR) is 160 cm³/mol. The molecule has 0 saturated carbocycles. The van der Waals surface area contributed by atoms with Crippen LogP contribution in [0.2, 0.25) is 0 Å². The summed E-state index contributed by atoms with van der Waals surface area (Å²) in [4.78, 5) is 0. The third-order valence-electron chi connectivity index (χ3n) is 8.56. The van der Waals surface area contributed by atoms with Crippen LogP contribution < -0.4 is 0 Å². The van der Waals surface area contributed by atoms with Gasteiger partial charge in [-0.15, -0.1) is 6.58 Å². The van der Waals surface area contributed by atoms with Gasteiger partial charge in [0.05, 0.1) is 0 Å². The minimum atomic E-state index is -0.113. The van der Waals surface area contributed by atoms with Crippen molar-refractivity contribution in [3.05, 3.63) is 132 Å². The number of hydrogen-bond acceptors (Lipinski definition) is 0. The molecule has 0 saturated heterocycles. The molecule has 5 rings (SSSR count). The molecule has 0 heteroatoms. The normalized spacial score (nSPS) is 16.7. The summed E-state index contributed by atoms with van der Waals surface area (Å²) in [5.41, 5.74) is 11.1. The Morgan fingerprint density at radius 2 is 1.38 bits per heavy atom. The minimum Gasteiger partial charge on any atom is -0.103 e. The Labute approximate surface area is 224 Å². The topological polar surface area (TPSA) is 0 Å². The largest absolute Gasteiger partial charge is 0.103 e. The smallest absolute Gasteiger partial charge is 0.0463 e. The average Bonchev–Trinajstić information content (AvgIpc) is 3.25. The zero-order valence-corrected chi connectivity index (χ0v) is 22.5. The van der Waals surface area contributed by atoms with E-state index in [0.717, 1.165) is 12.8 Å². The van der Waals surface area contributed by atoms with Gasteiger partial charge >= 0.3 is 0 Å². The quantitative estimate of drug-likeness (QED) is 0.147. The first kappa shape index (κ1) is 25.3. The number of rotatable bonds is 11. The van der Waals surface area contributed by atoms with Crippen LogP contribution in [0.15, 0.2) is 110 Å². The molecule has 1 aliphatic carbocycles. The summed E-state index contributed by atoms with van der Waals surface area (Å²) in [5, 5.41) is 0. The molecule has 0 heterocycles. The fraction of sp³-hybridized carbons (Fsp3) is 0.297. The molecule has 0 aliphatic heterocycles. The molecule has 0 amide bonds. The summed E-state index contributed by atoms with van der Waals surface area (Å²) in [7, 11) is 0. The molecule has 37 heavy (non-hydrogen) atoms. The lowest BCUT2D eigenvalue weighted by atomic mass is 9.69. The standard InChI is InChI=1S/C37H40/c1-4-6-7-8-9-15-26-37(32-16-11-10-12-17-32)35-19-14-13-18-33(35)34-25-24-31(27-36(34)37)30-22-20-29(21-23-30)28(3)5-2/h4,10-14,16-25,27-28H,1,5-9,15,26H2,2-3H3. The molecule has 188 valence electrons. The van der Waals surface area contributed by atoms with E-state index < -0.39 is 0 Å². The Kier molecular flexibility index (Phi) is 7.75. The second-order valence-electron chi connectivity index (χ2n) is 10.8. The highest BCUT2D eigenvalue weighted by molar-refractivity contribution is 5.86. The van der Waals surface area contributed by atoms with Gasteiger partial charge in [0.25, 0.3) is 0 Å². The van der Waals surface area contributed by atoms with Crippen LogP contribution in [0.3, 0.4) is 0 Å². The minimum absolute atomic E-state index is 0.113. The molecular formula is C37H40. The van der Waals surface area contributed by atoms with E-state index in [1.165, 1.54) is 76.6 Å². The predicted octanol–water partition coefficient (Wildman–Crippen LogP) is 10.7. The van der Waals surface area contributed by atoms with Crippen LogP contribution in [0.1, 0.15) is 87.0 Å². The SMILES string of the molecule is C=CCCCCCCC1(c2ccccc2)c2ccccc2-c2ccc(-c3ccc(C(C)CC)cc3)cc21. The number of allylic oxidation sites excluding steroid dienone is 1. The van der Waals surface area contributed by atoms with E-state index in [1.54, 1.807) is 0 Å². The van der Waals surface area contributed by atoms with Crippen molar-refractivity contribution in [3.8, 4) is 22.3 Å². The van der Waals surface area contributed by atoms with E-state index >= 15 is 0 Å². The molecule has 0 nitrogen and oxygen atoms in total. The van der Waals surface area contributed by atoms with E-state index in [-0.39, 0.29) is 5.41 Å². The fourth-order valence-corrected chi connectivity index (χ4v) is 6.27. The third-order valence-corrected chi connectivity index (χ3v) is 8.56. The number of unbranched alkanes of at least 4 members (excludes halogenated alkanes) is 4. The van der Waals surface area contributed by atoms with Crippen molar-refractivity contribution in [2.24, 2.45) is 0 Å². The molecule has 0 radical (unpaired) electrons. The van der Waals surface area contributed by atoms with Crippen LogP contribution in [0.25, 0.3) is 22.3 Å². The van der Waals surface area contributed by atoms with Gasteiger partial charge in [-0.2, -0.15) is 0 Å². The van der Waals surface area contributed by atoms with Crippen molar-refractivity contribution < 1.29 is 0 Å². The highest BCUT2D eigenvalue weighted by atomic mass is 14.5. The molecule has 2 atom stereocenters. The highest BCUT2D eigenvalue weighted by Gasteiger charge is 2.44. The van der Waals surface area contributed by atoms with Crippen molar-refractivity contribution in [3.63, 3.8) is 0 Å². The number of fused-ring (bicyclic) bond motifs is 3. The lowest BCUT2D eigenvalue weighted by Crippen LogP contribution is -2.27. The van der Waals surface area contributed by atoms with E-state index in [9.17, 15) is 0 Å². The van der Waals surface area contributed by atoms with Crippen LogP contribution in [0.4, 0.5) is 0 Å². The van der Waals surface area contributed by atoms with Crippen molar-refractivity contribution >= 4 is 0 Å². The van der Waals surface area contributed by atoms with Crippen molar-refractivity contribution in [2.75, 3.05) is 0 Å². The second kappa shape index (κ2) is 11.3. The molecule has 4 aromatic rings. The van der Waals surface area contributed by atoms with Gasteiger partial charge in [0.2, 0.25) is 0 Å². The third kappa shape index (κ3) is 4.82. The van der Waals surface area contributed by atoms with Crippen molar-refractivity contribution in [1.82, 2.24) is 0 Å². The fourth-order valence-electron chi connectivity index (χ4n) is 6.27. The van der Waals surface area contributed by atoms with Crippen molar-refractivity contribution in [1.29, 1.82) is 0 Å². The summed E-state index contributed by atoms with van der Waals surface area (Å²) < 4.78 is 0. The van der Waals surface area contributed by atoms with Gasteiger partial charge in [-0.1, -0.05) is 130 Å². The van der Waals surface area contributed by atoms with Gasteiger partial charge in [-0.25, -0.2) is 0 Å². The molecule has 0 aromatic heterocycles. The van der Waals surface area contributed by atoms with Crippen LogP contribution in [-0.2, 0) is 5.41 Å². The Morgan fingerprint density at radius 1 is 0.703 bits per heavy atom. The first-order chi connectivity index (χ1) is 18.2. The zero-order chi connectivity index (χ0) is 25.7. The molecule has 0 N–H and O–H groups in total. The maximum absolute atomic E-state index is 3.89. The molecule has 1 aliphatic rings. The number of benzene rings is 4. The lowest BCUT2D eigenvalue weighted by molar-refractivity contribution is 0.512. The Hall–Kier alpha value is -3.38. The maximum atomic E-state index is 3.89. The summed E-state index contributed by atoms with van der Waals surface area (Å²) >= 11 is 0. The van der Waals surface area contributed by atoms with Crippen LogP contribution in [0, 0.1) is 0 Å². The molecule has 2 unspecified atom stereocenters. The Bertz CT molecular complexity index is 1330. The number of hydrogen-bond donors (Lipinski definition) is 0. The Balaban J connectivity index is 1.59. The average molecular weight is 485 g/mol. The van der Waals surface area contributed by atoms with E-state index in [1.807, 2.05) is 6.08 Å². The van der Waals surface area contributed by atoms with Crippen LogP contribution >= 0.6 is 0 Å². The van der Waals surface area contributed by atoms with E-state index in [4.69, 9.17) is 0 Å². The van der Waals surface area contributed by atoms with Gasteiger partial charge in [-0.05, 0) is 82.2 Å². The highest BCUT2D eigenvalue weighted by Crippen LogP contribution is 2.55. The molecule has 4 aromatic carbocycles. The first-order valence-electron chi connectivity index (χ1n) is 14.2. The first-order valence-corrected chi connectivity index (χ1v) is 14.2.